The molecule has 2 aromatic rings. The van der Waals surface area contributed by atoms with E-state index in [9.17, 15) is 18.3 Å². The number of benzene rings is 2. The van der Waals surface area contributed by atoms with Crippen LogP contribution >= 0.6 is 0 Å². The lowest BCUT2D eigenvalue weighted by atomic mass is 9.99. The molecule has 7 nitrogen and oxygen atoms in total. The van der Waals surface area contributed by atoms with Crippen molar-refractivity contribution in [3.05, 3.63) is 54.1 Å². The standard InChI is InChI=1S/C18H17NO6S/c19-9-18(17(20)21)15(11-6-7-13-14(8-11)25-10-24-13)16(18)26(22,23)12-4-2-1-3-5-12/h1-8,15-16H,9-10,19H2,(H,20,21)/t15-,16+,18+/m1/s1. The minimum absolute atomic E-state index is 0.0795. The van der Waals surface area contributed by atoms with Crippen LogP contribution in [0.2, 0.25) is 0 Å². The Morgan fingerprint density at radius 2 is 1.85 bits per heavy atom. The molecule has 0 radical (unpaired) electrons. The maximum Gasteiger partial charge on any atom is 0.312 e. The van der Waals surface area contributed by atoms with Crippen LogP contribution in [0.15, 0.2) is 53.4 Å². The first-order valence-corrected chi connectivity index (χ1v) is 9.59. The van der Waals surface area contributed by atoms with Crippen LogP contribution < -0.4 is 15.2 Å². The molecule has 0 unspecified atom stereocenters. The zero-order chi connectivity index (χ0) is 18.5. The highest BCUT2D eigenvalue weighted by Crippen LogP contribution is 2.64. The molecule has 2 aliphatic rings. The first-order valence-electron chi connectivity index (χ1n) is 8.05. The number of rotatable bonds is 5. The maximum absolute atomic E-state index is 13.1. The average molecular weight is 375 g/mol. The summed E-state index contributed by atoms with van der Waals surface area (Å²) < 4.78 is 36.8. The van der Waals surface area contributed by atoms with Crippen molar-refractivity contribution in [3.63, 3.8) is 0 Å². The van der Waals surface area contributed by atoms with Crippen molar-refractivity contribution >= 4 is 15.8 Å². The highest BCUT2D eigenvalue weighted by atomic mass is 32.2. The van der Waals surface area contributed by atoms with E-state index in [1.165, 1.54) is 12.1 Å². The van der Waals surface area contributed by atoms with E-state index in [4.69, 9.17) is 15.2 Å². The molecule has 1 aliphatic heterocycles. The molecule has 0 aromatic heterocycles. The number of sulfone groups is 1. The summed E-state index contributed by atoms with van der Waals surface area (Å²) in [5, 5.41) is 8.67. The molecule has 1 aliphatic carbocycles. The molecular formula is C18H17NO6S. The zero-order valence-corrected chi connectivity index (χ0v) is 14.5. The van der Waals surface area contributed by atoms with Gasteiger partial charge in [-0.1, -0.05) is 24.3 Å². The van der Waals surface area contributed by atoms with Gasteiger partial charge in [-0.25, -0.2) is 8.42 Å². The first-order chi connectivity index (χ1) is 12.4. The van der Waals surface area contributed by atoms with Crippen LogP contribution in [-0.4, -0.2) is 38.1 Å². The molecule has 4 rings (SSSR count). The van der Waals surface area contributed by atoms with Gasteiger partial charge in [0, 0.05) is 12.5 Å². The molecule has 8 heteroatoms. The summed E-state index contributed by atoms with van der Waals surface area (Å²) in [6.07, 6.45) is 0. The summed E-state index contributed by atoms with van der Waals surface area (Å²) in [5.41, 5.74) is 4.77. The maximum atomic E-state index is 13.1. The van der Waals surface area contributed by atoms with Gasteiger partial charge in [0.25, 0.3) is 0 Å². The number of hydrogen-bond acceptors (Lipinski definition) is 6. The number of ether oxygens (including phenoxy) is 2. The van der Waals surface area contributed by atoms with Crippen molar-refractivity contribution in [1.29, 1.82) is 0 Å². The number of aliphatic carboxylic acids is 1. The predicted octanol–water partition coefficient (Wildman–Crippen LogP) is 1.38. The Hall–Kier alpha value is -2.58. The van der Waals surface area contributed by atoms with Gasteiger partial charge in [0.1, 0.15) is 5.41 Å². The van der Waals surface area contributed by atoms with Gasteiger partial charge in [0.2, 0.25) is 6.79 Å². The van der Waals surface area contributed by atoms with Gasteiger partial charge in [-0.2, -0.15) is 0 Å². The van der Waals surface area contributed by atoms with Gasteiger partial charge < -0.3 is 20.3 Å². The predicted molar refractivity (Wildman–Crippen MR) is 91.8 cm³/mol. The van der Waals surface area contributed by atoms with Crippen molar-refractivity contribution in [2.24, 2.45) is 11.1 Å². The topological polar surface area (TPSA) is 116 Å². The van der Waals surface area contributed by atoms with Gasteiger partial charge >= 0.3 is 5.97 Å². The van der Waals surface area contributed by atoms with Crippen molar-refractivity contribution in [2.45, 2.75) is 16.1 Å². The van der Waals surface area contributed by atoms with Crippen molar-refractivity contribution < 1.29 is 27.8 Å². The molecule has 1 fully saturated rings. The van der Waals surface area contributed by atoms with E-state index in [1.54, 1.807) is 36.4 Å². The second kappa shape index (κ2) is 5.72. The highest BCUT2D eigenvalue weighted by Gasteiger charge is 2.75. The fourth-order valence-corrected chi connectivity index (χ4v) is 6.19. The highest BCUT2D eigenvalue weighted by molar-refractivity contribution is 7.92. The SMILES string of the molecule is NC[C@]1(C(=O)O)[C@H](c2ccc3c(c2)OCO3)[C@@H]1S(=O)(=O)c1ccccc1. The first kappa shape index (κ1) is 16.9. The molecule has 1 saturated carbocycles. The molecule has 0 amide bonds. The Morgan fingerprint density at radius 3 is 2.50 bits per heavy atom. The lowest BCUT2D eigenvalue weighted by molar-refractivity contribution is -0.143. The Bertz CT molecular complexity index is 974. The van der Waals surface area contributed by atoms with E-state index >= 15 is 0 Å². The van der Waals surface area contributed by atoms with E-state index in [-0.39, 0.29) is 18.2 Å². The minimum Gasteiger partial charge on any atom is -0.481 e. The summed E-state index contributed by atoms with van der Waals surface area (Å²) in [6, 6.07) is 12.8. The summed E-state index contributed by atoms with van der Waals surface area (Å²) in [7, 11) is -3.87. The zero-order valence-electron chi connectivity index (χ0n) is 13.7. The van der Waals surface area contributed by atoms with E-state index in [0.29, 0.717) is 17.1 Å². The summed E-state index contributed by atoms with van der Waals surface area (Å²) >= 11 is 0. The Labute approximate surface area is 150 Å². The molecular weight excluding hydrogens is 358 g/mol. The molecule has 0 spiro atoms. The summed E-state index contributed by atoms with van der Waals surface area (Å²) in [6.45, 7) is -0.200. The second-order valence-corrected chi connectivity index (χ2v) is 8.49. The van der Waals surface area contributed by atoms with Crippen LogP contribution in [0.5, 0.6) is 11.5 Å². The number of carboxylic acids is 1. The molecule has 26 heavy (non-hydrogen) atoms. The Kier molecular flexibility index (Phi) is 3.71. The smallest absolute Gasteiger partial charge is 0.312 e. The van der Waals surface area contributed by atoms with Crippen LogP contribution in [0.4, 0.5) is 0 Å². The van der Waals surface area contributed by atoms with Gasteiger partial charge in [-0.05, 0) is 29.8 Å². The van der Waals surface area contributed by atoms with Crippen LogP contribution in [-0.2, 0) is 14.6 Å². The van der Waals surface area contributed by atoms with E-state index in [1.807, 2.05) is 0 Å². The van der Waals surface area contributed by atoms with Crippen LogP contribution in [0, 0.1) is 5.41 Å². The molecule has 3 atom stereocenters. The van der Waals surface area contributed by atoms with E-state index in [0.717, 1.165) is 0 Å². The fourth-order valence-electron chi connectivity index (χ4n) is 3.78. The Morgan fingerprint density at radius 1 is 1.15 bits per heavy atom. The van der Waals surface area contributed by atoms with Crippen molar-refractivity contribution in [2.75, 3.05) is 13.3 Å². The second-order valence-electron chi connectivity index (χ2n) is 6.42. The van der Waals surface area contributed by atoms with Crippen LogP contribution in [0.1, 0.15) is 11.5 Å². The number of nitrogens with two attached hydrogens (primary N) is 1. The van der Waals surface area contributed by atoms with Crippen molar-refractivity contribution in [1.82, 2.24) is 0 Å². The van der Waals surface area contributed by atoms with Crippen LogP contribution in [0.3, 0.4) is 0 Å². The number of fused-ring (bicyclic) bond motifs is 1. The quantitative estimate of drug-likeness (QED) is 0.811. The van der Waals surface area contributed by atoms with E-state index < -0.39 is 32.4 Å². The molecule has 136 valence electrons. The normalized spacial score (nSPS) is 26.5. The van der Waals surface area contributed by atoms with Crippen LogP contribution in [0.25, 0.3) is 0 Å². The van der Waals surface area contributed by atoms with E-state index in [2.05, 4.69) is 0 Å². The lowest BCUT2D eigenvalue weighted by Crippen LogP contribution is -2.31. The molecule has 0 saturated heterocycles. The number of carboxylic acid groups (broad SMARTS) is 1. The molecule has 2 aromatic carbocycles. The lowest BCUT2D eigenvalue weighted by Gasteiger charge is -2.10. The van der Waals surface area contributed by atoms with Gasteiger partial charge in [0.15, 0.2) is 21.3 Å². The monoisotopic (exact) mass is 375 g/mol. The third-order valence-corrected chi connectivity index (χ3v) is 7.44. The summed E-state index contributed by atoms with van der Waals surface area (Å²) in [4.78, 5) is 12.1. The van der Waals surface area contributed by atoms with Crippen molar-refractivity contribution in [3.8, 4) is 11.5 Å². The molecule has 0 bridgehead atoms. The number of hydrogen-bond donors (Lipinski definition) is 2. The minimum atomic E-state index is -3.87. The third-order valence-electron chi connectivity index (χ3n) is 5.15. The molecule has 1 heterocycles. The molecule has 3 N–H and O–H groups in total. The third kappa shape index (κ3) is 2.22. The largest absolute Gasteiger partial charge is 0.481 e. The van der Waals surface area contributed by atoms with Gasteiger partial charge in [-0.3, -0.25) is 4.79 Å². The number of carbonyl (C=O) groups is 1. The van der Waals surface area contributed by atoms with Gasteiger partial charge in [-0.15, -0.1) is 0 Å². The summed E-state index contributed by atoms with van der Waals surface area (Å²) in [5.74, 6) is -0.955. The van der Waals surface area contributed by atoms with Gasteiger partial charge in [0.05, 0.1) is 10.1 Å². The fraction of sp³-hybridized carbons (Fsp3) is 0.278. The average Bonchev–Trinajstić information content (AvgIpc) is 3.15. The Balaban J connectivity index is 1.81.